The maximum absolute atomic E-state index is 13.4. The SMILES string of the molecule is CC(C)(CO)N1CC(C(=O)Nc2ccc(OC(F)F)cc2)C(c2ccc(C=CC(=O)Nc3ccccc3N)cc2)C1. The highest BCUT2D eigenvalue weighted by Crippen LogP contribution is 2.37. The van der Waals surface area contributed by atoms with Crippen molar-refractivity contribution in [1.29, 1.82) is 0 Å². The Bertz CT molecular complexity index is 1380. The molecule has 1 aliphatic heterocycles. The quantitative estimate of drug-likeness (QED) is 0.205. The molecule has 0 aliphatic carbocycles. The molecule has 2 unspecified atom stereocenters. The number of hydrogen-bond donors (Lipinski definition) is 4. The molecule has 1 heterocycles. The molecule has 0 saturated carbocycles. The van der Waals surface area contributed by atoms with Crippen molar-refractivity contribution in [3.05, 3.63) is 90.0 Å². The van der Waals surface area contributed by atoms with Gasteiger partial charge >= 0.3 is 6.61 Å². The number of nitrogens with one attached hydrogen (secondary N) is 2. The van der Waals surface area contributed by atoms with E-state index in [0.717, 1.165) is 11.1 Å². The number of para-hydroxylation sites is 2. The molecule has 3 aromatic carbocycles. The zero-order valence-corrected chi connectivity index (χ0v) is 22.9. The van der Waals surface area contributed by atoms with Crippen molar-refractivity contribution in [1.82, 2.24) is 4.90 Å². The van der Waals surface area contributed by atoms with E-state index >= 15 is 0 Å². The Kier molecular flexibility index (Phi) is 9.36. The van der Waals surface area contributed by atoms with Gasteiger partial charge in [0.15, 0.2) is 0 Å². The van der Waals surface area contributed by atoms with Crippen molar-refractivity contribution >= 4 is 35.0 Å². The van der Waals surface area contributed by atoms with E-state index in [2.05, 4.69) is 20.3 Å². The molecule has 0 aromatic heterocycles. The minimum Gasteiger partial charge on any atom is -0.435 e. The van der Waals surface area contributed by atoms with E-state index in [9.17, 15) is 23.5 Å². The third-order valence-electron chi connectivity index (χ3n) is 7.26. The number of rotatable bonds is 10. The minimum absolute atomic E-state index is 0.00318. The molecule has 41 heavy (non-hydrogen) atoms. The minimum atomic E-state index is -2.93. The standard InChI is InChI=1S/C31H34F2N4O4/c1-31(2,19-38)37-17-24(25(18-37)29(40)35-22-12-14-23(15-13-22)41-30(32)33)21-10-7-20(8-11-21)9-16-28(39)36-27-6-4-3-5-26(27)34/h3-16,24-25,30,38H,17-19,34H2,1-2H3,(H,35,40)(H,36,39). The van der Waals surface area contributed by atoms with Crippen LogP contribution in [0.25, 0.3) is 6.08 Å². The summed E-state index contributed by atoms with van der Waals surface area (Å²) < 4.78 is 29.3. The van der Waals surface area contributed by atoms with Crippen LogP contribution in [0, 0.1) is 5.92 Å². The van der Waals surface area contributed by atoms with Gasteiger partial charge in [-0.25, -0.2) is 0 Å². The lowest BCUT2D eigenvalue weighted by Crippen LogP contribution is -2.46. The fourth-order valence-electron chi connectivity index (χ4n) is 4.77. The highest BCUT2D eigenvalue weighted by atomic mass is 19.3. The number of hydrogen-bond acceptors (Lipinski definition) is 6. The lowest BCUT2D eigenvalue weighted by Gasteiger charge is -2.33. The number of halogens is 2. The van der Waals surface area contributed by atoms with Gasteiger partial charge in [-0.3, -0.25) is 14.5 Å². The van der Waals surface area contributed by atoms with Crippen LogP contribution in [0.1, 0.15) is 30.9 Å². The first-order valence-electron chi connectivity index (χ1n) is 13.2. The van der Waals surface area contributed by atoms with Crippen LogP contribution < -0.4 is 21.1 Å². The van der Waals surface area contributed by atoms with Gasteiger partial charge in [0.2, 0.25) is 11.8 Å². The van der Waals surface area contributed by atoms with Crippen LogP contribution in [0.2, 0.25) is 0 Å². The molecule has 3 aromatic rings. The molecule has 10 heteroatoms. The second kappa shape index (κ2) is 12.9. The molecule has 1 fully saturated rings. The van der Waals surface area contributed by atoms with Gasteiger partial charge in [0, 0.05) is 36.3 Å². The third kappa shape index (κ3) is 7.68. The lowest BCUT2D eigenvalue weighted by molar-refractivity contribution is -0.120. The molecule has 216 valence electrons. The van der Waals surface area contributed by atoms with Gasteiger partial charge < -0.3 is 26.2 Å². The largest absolute Gasteiger partial charge is 0.435 e. The van der Waals surface area contributed by atoms with Crippen LogP contribution in [0.15, 0.2) is 78.9 Å². The van der Waals surface area contributed by atoms with Crippen LogP contribution >= 0.6 is 0 Å². The van der Waals surface area contributed by atoms with Crippen molar-refractivity contribution in [2.75, 3.05) is 36.1 Å². The van der Waals surface area contributed by atoms with E-state index in [1.165, 1.54) is 30.3 Å². The second-order valence-electron chi connectivity index (χ2n) is 10.6. The number of aliphatic hydroxyl groups excluding tert-OH is 1. The summed E-state index contributed by atoms with van der Waals surface area (Å²) in [7, 11) is 0. The number of aliphatic hydroxyl groups is 1. The number of likely N-dealkylation sites (tertiary alicyclic amines) is 1. The first-order chi connectivity index (χ1) is 19.6. The van der Waals surface area contributed by atoms with Crippen molar-refractivity contribution in [2.24, 2.45) is 5.92 Å². The topological polar surface area (TPSA) is 117 Å². The van der Waals surface area contributed by atoms with E-state index in [1.807, 2.05) is 38.1 Å². The molecule has 2 atom stereocenters. The fraction of sp³-hybridized carbons (Fsp3) is 0.290. The number of nitrogens with two attached hydrogens (primary N) is 1. The van der Waals surface area contributed by atoms with Crippen molar-refractivity contribution in [3.8, 4) is 5.75 Å². The maximum Gasteiger partial charge on any atom is 0.387 e. The number of ether oxygens (including phenoxy) is 1. The van der Waals surface area contributed by atoms with Crippen LogP contribution in [0.3, 0.4) is 0 Å². The Labute approximate surface area is 237 Å². The summed E-state index contributed by atoms with van der Waals surface area (Å²) in [5.74, 6) is -1.11. The first-order valence-corrected chi connectivity index (χ1v) is 13.2. The monoisotopic (exact) mass is 564 g/mol. The first kappa shape index (κ1) is 29.7. The molecular formula is C31H34F2N4O4. The van der Waals surface area contributed by atoms with E-state index in [0.29, 0.717) is 30.2 Å². The van der Waals surface area contributed by atoms with Gasteiger partial charge in [-0.15, -0.1) is 0 Å². The van der Waals surface area contributed by atoms with Gasteiger partial charge in [-0.1, -0.05) is 36.4 Å². The van der Waals surface area contributed by atoms with Gasteiger partial charge in [0.1, 0.15) is 5.75 Å². The number of benzene rings is 3. The number of anilines is 3. The van der Waals surface area contributed by atoms with Gasteiger partial charge in [-0.2, -0.15) is 8.78 Å². The zero-order chi connectivity index (χ0) is 29.6. The number of amides is 2. The molecule has 8 nitrogen and oxygen atoms in total. The summed E-state index contributed by atoms with van der Waals surface area (Å²) in [6.45, 7) is 1.84. The molecule has 0 radical (unpaired) electrons. The summed E-state index contributed by atoms with van der Waals surface area (Å²) in [6, 6.07) is 20.4. The Morgan fingerprint density at radius 2 is 1.73 bits per heavy atom. The number of nitrogens with zero attached hydrogens (tertiary/aromatic N) is 1. The van der Waals surface area contributed by atoms with Gasteiger partial charge in [0.05, 0.1) is 23.9 Å². The van der Waals surface area contributed by atoms with Gasteiger partial charge in [0.25, 0.3) is 0 Å². The van der Waals surface area contributed by atoms with Crippen LogP contribution in [0.5, 0.6) is 5.75 Å². The van der Waals surface area contributed by atoms with Crippen LogP contribution in [0.4, 0.5) is 25.8 Å². The summed E-state index contributed by atoms with van der Waals surface area (Å²) in [6.07, 6.45) is 3.12. The summed E-state index contributed by atoms with van der Waals surface area (Å²) in [5.41, 5.74) is 8.58. The predicted molar refractivity (Wildman–Crippen MR) is 156 cm³/mol. The van der Waals surface area contributed by atoms with E-state index < -0.39 is 18.1 Å². The molecule has 0 spiro atoms. The average Bonchev–Trinajstić information content (AvgIpc) is 3.41. The molecule has 1 saturated heterocycles. The smallest absolute Gasteiger partial charge is 0.387 e. The normalized spacial score (nSPS) is 17.6. The summed E-state index contributed by atoms with van der Waals surface area (Å²) >= 11 is 0. The summed E-state index contributed by atoms with van der Waals surface area (Å²) in [5, 5.41) is 15.6. The van der Waals surface area contributed by atoms with Crippen molar-refractivity contribution in [2.45, 2.75) is 31.9 Å². The van der Waals surface area contributed by atoms with Crippen LogP contribution in [-0.2, 0) is 9.59 Å². The Hall–Kier alpha value is -4.28. The fourth-order valence-corrected chi connectivity index (χ4v) is 4.77. The number of carbonyl (C=O) groups excluding carboxylic acids is 2. The molecule has 0 bridgehead atoms. The Morgan fingerprint density at radius 1 is 1.05 bits per heavy atom. The molecular weight excluding hydrogens is 530 g/mol. The van der Waals surface area contributed by atoms with E-state index in [1.54, 1.807) is 30.3 Å². The predicted octanol–water partition coefficient (Wildman–Crippen LogP) is 4.95. The lowest BCUT2D eigenvalue weighted by atomic mass is 9.88. The Balaban J connectivity index is 1.47. The number of carbonyl (C=O) groups is 2. The van der Waals surface area contributed by atoms with E-state index in [-0.39, 0.29) is 30.1 Å². The molecule has 4 rings (SSSR count). The average molecular weight is 565 g/mol. The molecule has 1 aliphatic rings. The maximum atomic E-state index is 13.4. The van der Waals surface area contributed by atoms with Gasteiger partial charge in [-0.05, 0) is 67.4 Å². The number of nitrogen functional groups attached to an aromatic ring is 1. The molecule has 5 N–H and O–H groups in total. The Morgan fingerprint density at radius 3 is 2.37 bits per heavy atom. The summed E-state index contributed by atoms with van der Waals surface area (Å²) in [4.78, 5) is 27.9. The third-order valence-corrected chi connectivity index (χ3v) is 7.26. The highest BCUT2D eigenvalue weighted by Gasteiger charge is 2.43. The number of alkyl halides is 2. The second-order valence-corrected chi connectivity index (χ2v) is 10.6. The van der Waals surface area contributed by atoms with Crippen molar-refractivity contribution < 1.29 is 28.2 Å². The zero-order valence-electron chi connectivity index (χ0n) is 22.9. The van der Waals surface area contributed by atoms with E-state index in [4.69, 9.17) is 5.73 Å². The van der Waals surface area contributed by atoms with Crippen molar-refractivity contribution in [3.63, 3.8) is 0 Å². The van der Waals surface area contributed by atoms with Crippen LogP contribution in [-0.4, -0.2) is 53.7 Å². The molecule has 2 amide bonds. The highest BCUT2D eigenvalue weighted by molar-refractivity contribution is 6.03.